The third-order valence-corrected chi connectivity index (χ3v) is 2.45. The summed E-state index contributed by atoms with van der Waals surface area (Å²) < 4.78 is 5.52. The van der Waals surface area contributed by atoms with Crippen LogP contribution in [0.2, 0.25) is 0 Å². The van der Waals surface area contributed by atoms with Gasteiger partial charge in [-0.25, -0.2) is 4.98 Å². The van der Waals surface area contributed by atoms with E-state index in [1.807, 2.05) is 19.1 Å². The highest BCUT2D eigenvalue weighted by molar-refractivity contribution is 5.50. The largest absolute Gasteiger partial charge is 0.490 e. The van der Waals surface area contributed by atoms with Gasteiger partial charge in [0.2, 0.25) is 0 Å². The van der Waals surface area contributed by atoms with Crippen LogP contribution in [0.25, 0.3) is 0 Å². The van der Waals surface area contributed by atoms with Crippen LogP contribution in [-0.4, -0.2) is 24.2 Å². The molecule has 0 aromatic carbocycles. The molecule has 0 aliphatic rings. The van der Waals surface area contributed by atoms with E-state index in [-0.39, 0.29) is 6.04 Å². The van der Waals surface area contributed by atoms with Crippen LogP contribution in [0.4, 0.5) is 5.82 Å². The number of nitrogens with zero attached hydrogens (tertiary/aromatic N) is 1. The molecule has 0 radical (unpaired) electrons. The molecule has 0 aliphatic heterocycles. The summed E-state index contributed by atoms with van der Waals surface area (Å²) in [5.74, 6) is 2.18. The minimum Gasteiger partial charge on any atom is -0.490 e. The van der Waals surface area contributed by atoms with Gasteiger partial charge in [0.05, 0.1) is 6.61 Å². The van der Waals surface area contributed by atoms with Crippen molar-refractivity contribution in [2.24, 2.45) is 11.7 Å². The predicted molar refractivity (Wildman–Crippen MR) is 71.3 cm³/mol. The Morgan fingerprint density at radius 3 is 2.82 bits per heavy atom. The van der Waals surface area contributed by atoms with Crippen LogP contribution in [0, 0.1) is 5.92 Å². The Morgan fingerprint density at radius 2 is 2.24 bits per heavy atom. The van der Waals surface area contributed by atoms with Crippen LogP contribution in [-0.2, 0) is 0 Å². The third kappa shape index (κ3) is 4.61. The monoisotopic (exact) mass is 237 g/mol. The molecule has 17 heavy (non-hydrogen) atoms. The van der Waals surface area contributed by atoms with Crippen molar-refractivity contribution in [2.75, 3.05) is 18.5 Å². The number of aromatic nitrogens is 1. The van der Waals surface area contributed by atoms with Crippen LogP contribution in [0.3, 0.4) is 0 Å². The predicted octanol–water partition coefficient (Wildman–Crippen LogP) is 2.27. The van der Waals surface area contributed by atoms with Gasteiger partial charge >= 0.3 is 0 Å². The van der Waals surface area contributed by atoms with E-state index in [2.05, 4.69) is 24.1 Å². The Kier molecular flexibility index (Phi) is 5.77. The fourth-order valence-electron chi connectivity index (χ4n) is 1.75. The summed E-state index contributed by atoms with van der Waals surface area (Å²) in [6, 6.07) is 4.03. The molecule has 96 valence electrons. The molecule has 1 aromatic heterocycles. The lowest BCUT2D eigenvalue weighted by Gasteiger charge is -2.20. The average Bonchev–Trinajstić information content (AvgIpc) is 2.30. The smallest absolute Gasteiger partial charge is 0.169 e. The molecule has 0 saturated heterocycles. The molecular weight excluding hydrogens is 214 g/mol. The van der Waals surface area contributed by atoms with Crippen LogP contribution >= 0.6 is 0 Å². The zero-order valence-electron chi connectivity index (χ0n) is 10.9. The molecule has 0 aliphatic carbocycles. The van der Waals surface area contributed by atoms with Crippen molar-refractivity contribution >= 4 is 5.82 Å². The number of hydrogen-bond acceptors (Lipinski definition) is 4. The van der Waals surface area contributed by atoms with Crippen molar-refractivity contribution in [3.05, 3.63) is 18.3 Å². The van der Waals surface area contributed by atoms with Crippen molar-refractivity contribution in [1.82, 2.24) is 4.98 Å². The second-order valence-corrected chi connectivity index (χ2v) is 4.49. The van der Waals surface area contributed by atoms with E-state index in [4.69, 9.17) is 10.5 Å². The molecule has 4 heteroatoms. The Labute approximate surface area is 104 Å². The number of nitrogens with one attached hydrogen (secondary N) is 1. The molecule has 0 fully saturated rings. The zero-order valence-corrected chi connectivity index (χ0v) is 10.9. The standard InChI is InChI=1S/C13H23N3O/c1-4-17-12-6-5-7-15-13(12)16-11(9-14)8-10(2)3/h5-7,10-11H,4,8-9,14H2,1-3H3,(H,15,16). The molecule has 4 nitrogen and oxygen atoms in total. The highest BCUT2D eigenvalue weighted by atomic mass is 16.5. The fraction of sp³-hybridized carbons (Fsp3) is 0.615. The molecule has 3 N–H and O–H groups in total. The summed E-state index contributed by atoms with van der Waals surface area (Å²) in [5.41, 5.74) is 5.76. The molecule has 0 bridgehead atoms. The fourth-order valence-corrected chi connectivity index (χ4v) is 1.75. The van der Waals surface area contributed by atoms with Gasteiger partial charge in [-0.2, -0.15) is 0 Å². The van der Waals surface area contributed by atoms with Crippen molar-refractivity contribution in [2.45, 2.75) is 33.2 Å². The van der Waals surface area contributed by atoms with E-state index in [0.29, 0.717) is 19.1 Å². The molecule has 0 saturated carbocycles. The van der Waals surface area contributed by atoms with Gasteiger partial charge in [0.25, 0.3) is 0 Å². The average molecular weight is 237 g/mol. The lowest BCUT2D eigenvalue weighted by molar-refractivity contribution is 0.340. The van der Waals surface area contributed by atoms with Crippen molar-refractivity contribution in [3.8, 4) is 5.75 Å². The van der Waals surface area contributed by atoms with Crippen molar-refractivity contribution < 1.29 is 4.74 Å². The number of pyridine rings is 1. The molecule has 0 amide bonds. The Bertz CT molecular complexity index is 328. The summed E-state index contributed by atoms with van der Waals surface area (Å²) in [4.78, 5) is 4.30. The van der Waals surface area contributed by atoms with Gasteiger partial charge in [0, 0.05) is 18.8 Å². The SMILES string of the molecule is CCOc1cccnc1NC(CN)CC(C)C. The van der Waals surface area contributed by atoms with E-state index in [1.54, 1.807) is 6.20 Å². The van der Waals surface area contributed by atoms with Gasteiger partial charge in [-0.15, -0.1) is 0 Å². The number of anilines is 1. The van der Waals surface area contributed by atoms with E-state index >= 15 is 0 Å². The Morgan fingerprint density at radius 1 is 1.47 bits per heavy atom. The van der Waals surface area contributed by atoms with E-state index < -0.39 is 0 Å². The summed E-state index contributed by atoms with van der Waals surface area (Å²) in [6.45, 7) is 7.57. The topological polar surface area (TPSA) is 60.2 Å². The number of ether oxygens (including phenoxy) is 1. The lowest BCUT2D eigenvalue weighted by Crippen LogP contribution is -2.30. The van der Waals surface area contributed by atoms with Gasteiger partial charge in [0.1, 0.15) is 0 Å². The first-order valence-corrected chi connectivity index (χ1v) is 6.21. The second-order valence-electron chi connectivity index (χ2n) is 4.49. The molecule has 1 heterocycles. The van der Waals surface area contributed by atoms with E-state index in [9.17, 15) is 0 Å². The maximum Gasteiger partial charge on any atom is 0.169 e. The molecule has 1 unspecified atom stereocenters. The van der Waals surface area contributed by atoms with Gasteiger partial charge < -0.3 is 15.8 Å². The van der Waals surface area contributed by atoms with Crippen LogP contribution in [0.15, 0.2) is 18.3 Å². The van der Waals surface area contributed by atoms with Crippen molar-refractivity contribution in [3.63, 3.8) is 0 Å². The number of nitrogens with two attached hydrogens (primary N) is 1. The van der Waals surface area contributed by atoms with Gasteiger partial charge in [-0.05, 0) is 31.4 Å². The van der Waals surface area contributed by atoms with Crippen LogP contribution in [0.5, 0.6) is 5.75 Å². The maximum absolute atomic E-state index is 5.76. The van der Waals surface area contributed by atoms with Gasteiger partial charge in [-0.1, -0.05) is 13.8 Å². The quantitative estimate of drug-likeness (QED) is 0.763. The maximum atomic E-state index is 5.76. The minimum atomic E-state index is 0.240. The van der Waals surface area contributed by atoms with Crippen LogP contribution < -0.4 is 15.8 Å². The van der Waals surface area contributed by atoms with E-state index in [1.165, 1.54) is 0 Å². The Balaban J connectivity index is 2.71. The summed E-state index contributed by atoms with van der Waals surface area (Å²) in [6.07, 6.45) is 2.78. The zero-order chi connectivity index (χ0) is 12.7. The van der Waals surface area contributed by atoms with Crippen molar-refractivity contribution in [1.29, 1.82) is 0 Å². The van der Waals surface area contributed by atoms with Crippen LogP contribution in [0.1, 0.15) is 27.2 Å². The second kappa shape index (κ2) is 7.12. The Hall–Kier alpha value is -1.29. The highest BCUT2D eigenvalue weighted by Crippen LogP contribution is 2.22. The van der Waals surface area contributed by atoms with Gasteiger partial charge in [-0.3, -0.25) is 0 Å². The highest BCUT2D eigenvalue weighted by Gasteiger charge is 2.12. The summed E-state index contributed by atoms with van der Waals surface area (Å²) in [7, 11) is 0. The third-order valence-electron chi connectivity index (χ3n) is 2.45. The lowest BCUT2D eigenvalue weighted by atomic mass is 10.0. The first kappa shape index (κ1) is 13.8. The molecule has 1 atom stereocenters. The van der Waals surface area contributed by atoms with Gasteiger partial charge in [0.15, 0.2) is 11.6 Å². The first-order valence-electron chi connectivity index (χ1n) is 6.21. The van der Waals surface area contributed by atoms with E-state index in [0.717, 1.165) is 18.0 Å². The molecule has 1 aromatic rings. The minimum absolute atomic E-state index is 0.240. The number of rotatable bonds is 7. The summed E-state index contributed by atoms with van der Waals surface area (Å²) >= 11 is 0. The summed E-state index contributed by atoms with van der Waals surface area (Å²) in [5, 5.41) is 3.35. The molecule has 1 rings (SSSR count). The molecule has 0 spiro atoms. The molecular formula is C13H23N3O. The normalized spacial score (nSPS) is 12.5. The number of hydrogen-bond donors (Lipinski definition) is 2. The first-order chi connectivity index (χ1) is 8.17.